The summed E-state index contributed by atoms with van der Waals surface area (Å²) in [6, 6.07) is 49.5. The number of hydrogen-bond donors (Lipinski definition) is 0. The van der Waals surface area contributed by atoms with Gasteiger partial charge in [-0.25, -0.2) is 12.1 Å². The van der Waals surface area contributed by atoms with Gasteiger partial charge in [0.15, 0.2) is 0 Å². The van der Waals surface area contributed by atoms with Crippen molar-refractivity contribution in [3.05, 3.63) is 146 Å². The fourth-order valence-electron chi connectivity index (χ4n) is 8.82. The van der Waals surface area contributed by atoms with Crippen molar-refractivity contribution in [2.24, 2.45) is 14.1 Å². The maximum Gasteiger partial charge on any atom is 0.208 e. The number of benzene rings is 6. The Labute approximate surface area is 400 Å². The number of aryl methyl sites for hydroxylation is 2. The van der Waals surface area contributed by atoms with Gasteiger partial charge in [-0.15, -0.1) is 147 Å². The van der Waals surface area contributed by atoms with Crippen molar-refractivity contribution in [3.8, 4) is 45.2 Å². The smallest absolute Gasteiger partial charge is 0.208 e. The molecule has 0 saturated heterocycles. The summed E-state index contributed by atoms with van der Waals surface area (Å²) in [6.07, 6.45) is 10.8. The number of fused-ring (bicyclic) bond motifs is 8. The molecule has 0 aliphatic carbocycles. The molecule has 13 rings (SSSR count). The Kier molecular flexibility index (Phi) is 9.99. The molecule has 13 heteroatoms. The quantitative estimate of drug-likeness (QED) is 0.138. The molecule has 4 aliphatic rings. The average Bonchev–Trinajstić information content (AvgIpc) is 4.05. The average molecular weight is 1210 g/mol. The number of hydrogen-bond acceptors (Lipinski definition) is 7. The van der Waals surface area contributed by atoms with Crippen molar-refractivity contribution in [2.75, 3.05) is 0 Å². The van der Waals surface area contributed by atoms with Gasteiger partial charge in [0.1, 0.15) is 0 Å². The van der Waals surface area contributed by atoms with Crippen LogP contribution in [0.5, 0.6) is 0 Å². The SMILES string of the molecule is Cn1ccnc1-c1[c-]c2c(cc1)Sc1cccc3c1B2c1[c-]c(-c2[c-]oc(-c4[c-]c5c(cc4)Sc4cccc6c4B5c4[c-]c(-c5nccn5C)ccc4S6)[c-]2)ccc1S3.[Pt].[Pt]. The molecule has 6 aromatic carbocycles. The fourth-order valence-corrected chi connectivity index (χ4v) is 13.5. The summed E-state index contributed by atoms with van der Waals surface area (Å²) in [5.74, 6) is 2.40. The third kappa shape index (κ3) is 6.28. The van der Waals surface area contributed by atoms with E-state index in [9.17, 15) is 0 Å². The number of imidazole rings is 2. The van der Waals surface area contributed by atoms with Crippen LogP contribution in [0.15, 0.2) is 153 Å². The summed E-state index contributed by atoms with van der Waals surface area (Å²) in [7, 11) is 4.05. The largest absolute Gasteiger partial charge is 0.631 e. The fraction of sp³-hybridized carbons (Fsp3) is 0.0417. The second kappa shape index (κ2) is 15.3. The summed E-state index contributed by atoms with van der Waals surface area (Å²) in [5, 5.41) is 0. The molecule has 0 N–H and O–H groups in total. The van der Waals surface area contributed by atoms with Gasteiger partial charge in [0.2, 0.25) is 13.4 Å². The first-order valence-corrected chi connectivity index (χ1v) is 22.4. The molecule has 0 atom stereocenters. The molecular weight excluding hydrogens is 1190 g/mol. The minimum absolute atomic E-state index is 0. The molecule has 7 heterocycles. The molecule has 298 valence electrons. The summed E-state index contributed by atoms with van der Waals surface area (Å²) < 4.78 is 10.3. The van der Waals surface area contributed by atoms with Gasteiger partial charge < -0.3 is 30.7 Å². The van der Waals surface area contributed by atoms with Crippen molar-refractivity contribution in [3.63, 3.8) is 0 Å². The first kappa shape index (κ1) is 39.8. The van der Waals surface area contributed by atoms with E-state index >= 15 is 0 Å². The first-order chi connectivity index (χ1) is 29.0. The van der Waals surface area contributed by atoms with Crippen molar-refractivity contribution in [2.45, 2.75) is 39.2 Å². The van der Waals surface area contributed by atoms with E-state index in [2.05, 4.69) is 131 Å². The summed E-state index contributed by atoms with van der Waals surface area (Å²) in [6.45, 7) is -0.0523. The Balaban J connectivity index is 0.00000210. The Morgan fingerprint density at radius 3 is 1.30 bits per heavy atom. The normalized spacial score (nSPS) is 13.5. The standard InChI is InChI=1S/C48H24B2N4OS4.2Pt/c1-53-19-17-51-47(53)29-11-15-39-34(23-29)49-32-21-27(9-13-37(32)56-41-5-3-6-42(58-39)45(41)49)31-25-36(55-26-31)28-10-14-38-33(22-28)50-35-24-30(48-52-18-20-54(48)2)12-16-40(35)59-44-8-4-7-43(57-38)46(44)50;;/h3-20H,1-2H3;;/q-6;;. The predicted molar refractivity (Wildman–Crippen MR) is 239 cm³/mol. The molecule has 61 heavy (non-hydrogen) atoms. The van der Waals surface area contributed by atoms with Gasteiger partial charge in [-0.2, -0.15) is 5.46 Å². The molecule has 0 unspecified atom stereocenters. The summed E-state index contributed by atoms with van der Waals surface area (Å²) in [5.41, 5.74) is 11.6. The summed E-state index contributed by atoms with van der Waals surface area (Å²) >= 11 is 7.26. The van der Waals surface area contributed by atoms with Crippen LogP contribution < -0.4 is 32.8 Å². The minimum atomic E-state index is -0.0298. The van der Waals surface area contributed by atoms with Crippen LogP contribution in [0.25, 0.3) is 45.2 Å². The number of aromatic nitrogens is 4. The van der Waals surface area contributed by atoms with Gasteiger partial charge in [0.25, 0.3) is 0 Å². The predicted octanol–water partition coefficient (Wildman–Crippen LogP) is 7.10. The van der Waals surface area contributed by atoms with E-state index in [1.165, 1.54) is 50.1 Å². The Morgan fingerprint density at radius 2 is 0.869 bits per heavy atom. The van der Waals surface area contributed by atoms with Gasteiger partial charge >= 0.3 is 0 Å². The zero-order chi connectivity index (χ0) is 38.9. The third-order valence-corrected chi connectivity index (χ3v) is 16.1. The first-order valence-electron chi connectivity index (χ1n) is 19.1. The van der Waals surface area contributed by atoms with Crippen LogP contribution in [0.2, 0.25) is 0 Å². The van der Waals surface area contributed by atoms with Crippen LogP contribution in [0.1, 0.15) is 0 Å². The van der Waals surface area contributed by atoms with Gasteiger partial charge in [0.05, 0.1) is 11.6 Å². The molecular formula is C48H24B2N4OPt2S4-6. The Hall–Kier alpha value is -4.07. The van der Waals surface area contributed by atoms with E-state index in [1.54, 1.807) is 0 Å². The molecule has 9 aromatic rings. The number of rotatable bonds is 4. The van der Waals surface area contributed by atoms with Crippen molar-refractivity contribution < 1.29 is 46.5 Å². The van der Waals surface area contributed by atoms with E-state index in [0.717, 1.165) is 61.3 Å². The summed E-state index contributed by atoms with van der Waals surface area (Å²) in [4.78, 5) is 19.2. The van der Waals surface area contributed by atoms with Crippen LogP contribution in [0, 0.1) is 36.6 Å². The third-order valence-electron chi connectivity index (χ3n) is 11.5. The van der Waals surface area contributed by atoms with E-state index in [0.29, 0.717) is 5.76 Å². The van der Waals surface area contributed by atoms with E-state index in [-0.39, 0.29) is 55.6 Å². The Morgan fingerprint density at radius 1 is 0.475 bits per heavy atom. The van der Waals surface area contributed by atoms with Crippen molar-refractivity contribution >= 4 is 93.2 Å². The monoisotopic (exact) mass is 1210 g/mol. The molecule has 0 radical (unpaired) electrons. The van der Waals surface area contributed by atoms with E-state index in [1.807, 2.05) is 95.1 Å². The van der Waals surface area contributed by atoms with Crippen LogP contribution >= 0.6 is 47.0 Å². The molecule has 3 aromatic heterocycles. The molecule has 0 saturated carbocycles. The number of furan rings is 1. The van der Waals surface area contributed by atoms with Gasteiger partial charge in [-0.1, -0.05) is 37.5 Å². The molecule has 4 aliphatic heterocycles. The molecule has 0 spiro atoms. The van der Waals surface area contributed by atoms with Crippen molar-refractivity contribution in [1.82, 2.24) is 19.1 Å². The molecule has 5 nitrogen and oxygen atoms in total. The second-order valence-corrected chi connectivity index (χ2v) is 19.3. The van der Waals surface area contributed by atoms with Crippen LogP contribution in [-0.4, -0.2) is 32.5 Å². The molecule has 0 bridgehead atoms. The zero-order valence-electron chi connectivity index (χ0n) is 32.0. The van der Waals surface area contributed by atoms with E-state index in [4.69, 9.17) is 4.42 Å². The maximum absolute atomic E-state index is 6.25. The van der Waals surface area contributed by atoms with Gasteiger partial charge in [-0.3, -0.25) is 9.97 Å². The van der Waals surface area contributed by atoms with Crippen LogP contribution in [-0.2, 0) is 56.2 Å². The molecule has 0 fully saturated rings. The number of nitrogens with zero attached hydrogens (tertiary/aromatic N) is 4. The van der Waals surface area contributed by atoms with Crippen LogP contribution in [0.4, 0.5) is 0 Å². The molecule has 0 amide bonds. The van der Waals surface area contributed by atoms with Crippen LogP contribution in [0.3, 0.4) is 0 Å². The topological polar surface area (TPSA) is 48.8 Å². The van der Waals surface area contributed by atoms with E-state index < -0.39 is 0 Å². The Bertz CT molecular complexity index is 3030. The maximum atomic E-state index is 6.25. The van der Waals surface area contributed by atoms with Gasteiger partial charge in [0, 0.05) is 81.0 Å². The van der Waals surface area contributed by atoms with Crippen molar-refractivity contribution in [1.29, 1.82) is 0 Å². The van der Waals surface area contributed by atoms with Gasteiger partial charge in [-0.05, 0) is 54.8 Å². The minimum Gasteiger partial charge on any atom is -0.631 e. The second-order valence-electron chi connectivity index (χ2n) is 15.0. The zero-order valence-corrected chi connectivity index (χ0v) is 39.8.